The molecule has 0 unspecified atom stereocenters. The Morgan fingerprint density at radius 2 is 1.91 bits per heavy atom. The molecule has 2 aromatic rings. The Hall–Kier alpha value is -2.94. The first-order chi connectivity index (χ1) is 16.0. The van der Waals surface area contributed by atoms with Crippen LogP contribution in [0.1, 0.15) is 18.1 Å². The maximum atomic E-state index is 13.1. The van der Waals surface area contributed by atoms with Crippen LogP contribution in [0.5, 0.6) is 5.75 Å². The van der Waals surface area contributed by atoms with E-state index in [1.807, 2.05) is 36.4 Å². The zero-order valence-electron chi connectivity index (χ0n) is 19.1. The van der Waals surface area contributed by atoms with Crippen molar-refractivity contribution in [2.75, 3.05) is 40.1 Å². The molecule has 33 heavy (non-hydrogen) atoms. The maximum absolute atomic E-state index is 13.1. The lowest BCUT2D eigenvalue weighted by Gasteiger charge is -2.28. The third-order valence-corrected chi connectivity index (χ3v) is 5.06. The Morgan fingerprint density at radius 1 is 1.15 bits per heavy atom. The molecule has 8 nitrogen and oxygen atoms in total. The molecule has 2 rings (SSSR count). The highest BCUT2D eigenvalue weighted by Gasteiger charge is 2.22. The van der Waals surface area contributed by atoms with Gasteiger partial charge in [-0.15, -0.1) is 0 Å². The molecule has 0 saturated carbocycles. The second-order valence-corrected chi connectivity index (χ2v) is 7.64. The standard InChI is InChI=1S/C24H33ClN4O4/c1-3-18-5-4-6-21(15-18)33-17-29(16-19-7-9-20(25)10-8-19)22(23(26)27-2)24(31)28-11-13-32-14-12-30/h4-10,15,27,30H,3,11-14,16-17,26H2,1-2H3,(H,28,31)/b23-22+. The third-order valence-electron chi connectivity index (χ3n) is 4.80. The number of halogens is 1. The molecule has 0 bridgehead atoms. The van der Waals surface area contributed by atoms with Crippen molar-refractivity contribution in [2.45, 2.75) is 19.9 Å². The van der Waals surface area contributed by atoms with E-state index in [9.17, 15) is 4.79 Å². The molecule has 0 aliphatic carbocycles. The lowest BCUT2D eigenvalue weighted by atomic mass is 10.2. The van der Waals surface area contributed by atoms with Gasteiger partial charge in [0.25, 0.3) is 5.91 Å². The number of hydrogen-bond donors (Lipinski definition) is 4. The van der Waals surface area contributed by atoms with Crippen LogP contribution in [0.15, 0.2) is 60.0 Å². The summed E-state index contributed by atoms with van der Waals surface area (Å²) in [4.78, 5) is 14.8. The maximum Gasteiger partial charge on any atom is 0.271 e. The number of rotatable bonds is 14. The van der Waals surface area contributed by atoms with Crippen molar-refractivity contribution in [2.24, 2.45) is 5.73 Å². The van der Waals surface area contributed by atoms with Crippen molar-refractivity contribution in [3.63, 3.8) is 0 Å². The quantitative estimate of drug-likeness (QED) is 0.188. The van der Waals surface area contributed by atoms with Gasteiger partial charge in [0.1, 0.15) is 17.3 Å². The first kappa shape index (κ1) is 26.3. The first-order valence-corrected chi connectivity index (χ1v) is 11.2. The van der Waals surface area contributed by atoms with Crippen molar-refractivity contribution in [1.82, 2.24) is 15.5 Å². The van der Waals surface area contributed by atoms with Gasteiger partial charge in [0.05, 0.1) is 19.8 Å². The van der Waals surface area contributed by atoms with E-state index in [2.05, 4.69) is 17.6 Å². The molecule has 0 aromatic heterocycles. The summed E-state index contributed by atoms with van der Waals surface area (Å²) >= 11 is 6.03. The summed E-state index contributed by atoms with van der Waals surface area (Å²) < 4.78 is 11.3. The number of ether oxygens (including phenoxy) is 2. The number of amides is 1. The van der Waals surface area contributed by atoms with Crippen LogP contribution < -0.4 is 21.1 Å². The number of hydrogen-bond acceptors (Lipinski definition) is 7. The van der Waals surface area contributed by atoms with Crippen LogP contribution in [0.3, 0.4) is 0 Å². The normalized spacial score (nSPS) is 11.5. The molecule has 0 spiro atoms. The van der Waals surface area contributed by atoms with E-state index >= 15 is 0 Å². The van der Waals surface area contributed by atoms with Crippen LogP contribution in [-0.4, -0.2) is 56.1 Å². The molecule has 0 saturated heterocycles. The van der Waals surface area contributed by atoms with Crippen LogP contribution >= 0.6 is 11.6 Å². The van der Waals surface area contributed by atoms with Gasteiger partial charge in [-0.1, -0.05) is 42.8 Å². The van der Waals surface area contributed by atoms with E-state index in [0.717, 1.165) is 17.5 Å². The number of nitrogens with one attached hydrogen (secondary N) is 2. The molecule has 0 aliphatic heterocycles. The molecule has 0 aliphatic rings. The molecule has 0 atom stereocenters. The molecule has 9 heteroatoms. The summed E-state index contributed by atoms with van der Waals surface area (Å²) in [6.07, 6.45) is 0.893. The summed E-state index contributed by atoms with van der Waals surface area (Å²) in [5.41, 5.74) is 8.53. The number of nitrogens with zero attached hydrogens (tertiary/aromatic N) is 1. The fourth-order valence-corrected chi connectivity index (χ4v) is 3.17. The zero-order chi connectivity index (χ0) is 24.1. The lowest BCUT2D eigenvalue weighted by molar-refractivity contribution is -0.120. The minimum atomic E-state index is -0.366. The highest BCUT2D eigenvalue weighted by Crippen LogP contribution is 2.19. The van der Waals surface area contributed by atoms with Crippen molar-refractivity contribution in [3.8, 4) is 5.75 Å². The zero-order valence-corrected chi connectivity index (χ0v) is 19.9. The molecule has 0 radical (unpaired) electrons. The van der Waals surface area contributed by atoms with Crippen LogP contribution in [0.2, 0.25) is 5.02 Å². The largest absolute Gasteiger partial charge is 0.473 e. The van der Waals surface area contributed by atoms with E-state index in [1.54, 1.807) is 24.1 Å². The second-order valence-electron chi connectivity index (χ2n) is 7.20. The summed E-state index contributed by atoms with van der Waals surface area (Å²) in [6, 6.07) is 15.2. The highest BCUT2D eigenvalue weighted by atomic mass is 35.5. The van der Waals surface area contributed by atoms with E-state index in [1.165, 1.54) is 0 Å². The number of nitrogens with two attached hydrogens (primary N) is 1. The lowest BCUT2D eigenvalue weighted by Crippen LogP contribution is -2.41. The van der Waals surface area contributed by atoms with Gasteiger partial charge in [0, 0.05) is 25.2 Å². The Morgan fingerprint density at radius 3 is 2.58 bits per heavy atom. The summed E-state index contributed by atoms with van der Waals surface area (Å²) in [5, 5.41) is 15.1. The minimum absolute atomic E-state index is 0.0722. The smallest absolute Gasteiger partial charge is 0.271 e. The Bertz CT molecular complexity index is 906. The summed E-state index contributed by atoms with van der Waals surface area (Å²) in [5.74, 6) is 0.550. The van der Waals surface area contributed by atoms with E-state index in [4.69, 9.17) is 31.9 Å². The van der Waals surface area contributed by atoms with E-state index in [0.29, 0.717) is 17.3 Å². The number of carbonyl (C=O) groups is 1. The van der Waals surface area contributed by atoms with Gasteiger partial charge in [0.15, 0.2) is 6.73 Å². The predicted molar refractivity (Wildman–Crippen MR) is 129 cm³/mol. The summed E-state index contributed by atoms with van der Waals surface area (Å²) in [6.45, 7) is 3.24. The van der Waals surface area contributed by atoms with Gasteiger partial charge < -0.3 is 35.8 Å². The highest BCUT2D eigenvalue weighted by molar-refractivity contribution is 6.30. The average Bonchev–Trinajstić information content (AvgIpc) is 2.83. The molecular weight excluding hydrogens is 444 g/mol. The van der Waals surface area contributed by atoms with Crippen LogP contribution in [-0.2, 0) is 22.5 Å². The topological polar surface area (TPSA) is 109 Å². The fraction of sp³-hybridized carbons (Fsp3) is 0.375. The number of carbonyl (C=O) groups excluding carboxylic acids is 1. The monoisotopic (exact) mass is 476 g/mol. The molecule has 1 amide bonds. The number of benzene rings is 2. The van der Waals surface area contributed by atoms with Crippen LogP contribution in [0, 0.1) is 0 Å². The Balaban J connectivity index is 2.23. The van der Waals surface area contributed by atoms with Crippen molar-refractivity contribution >= 4 is 17.5 Å². The fourth-order valence-electron chi connectivity index (χ4n) is 3.05. The van der Waals surface area contributed by atoms with Gasteiger partial charge in [-0.05, 0) is 41.8 Å². The number of aliphatic hydroxyl groups is 1. The predicted octanol–water partition coefficient (Wildman–Crippen LogP) is 2.21. The van der Waals surface area contributed by atoms with Gasteiger partial charge >= 0.3 is 0 Å². The minimum Gasteiger partial charge on any atom is -0.473 e. The first-order valence-electron chi connectivity index (χ1n) is 10.8. The molecule has 5 N–H and O–H groups in total. The Kier molecular flexibility index (Phi) is 11.4. The molecule has 180 valence electrons. The number of aryl methyl sites for hydroxylation is 1. The third kappa shape index (κ3) is 8.84. The average molecular weight is 477 g/mol. The SMILES string of the molecule is CCc1cccc(OCN(Cc2ccc(Cl)cc2)/C(C(=O)NCCOCCO)=C(\N)NC)c1. The van der Waals surface area contributed by atoms with Crippen LogP contribution in [0.4, 0.5) is 0 Å². The second kappa shape index (κ2) is 14.3. The van der Waals surface area contributed by atoms with Gasteiger partial charge in [-0.2, -0.15) is 0 Å². The molecular formula is C24H33ClN4O4. The van der Waals surface area contributed by atoms with E-state index < -0.39 is 0 Å². The van der Waals surface area contributed by atoms with Crippen LogP contribution in [0.25, 0.3) is 0 Å². The van der Waals surface area contributed by atoms with Crippen molar-refractivity contribution in [1.29, 1.82) is 0 Å². The number of aliphatic hydroxyl groups excluding tert-OH is 1. The van der Waals surface area contributed by atoms with E-state index in [-0.39, 0.29) is 50.5 Å². The Labute approximate surface area is 200 Å². The van der Waals surface area contributed by atoms with Gasteiger partial charge in [0.2, 0.25) is 0 Å². The molecule has 0 fully saturated rings. The van der Waals surface area contributed by atoms with Crippen molar-refractivity contribution in [3.05, 3.63) is 76.2 Å². The molecule has 0 heterocycles. The van der Waals surface area contributed by atoms with Gasteiger partial charge in [-0.25, -0.2) is 0 Å². The van der Waals surface area contributed by atoms with Gasteiger partial charge in [-0.3, -0.25) is 4.79 Å². The van der Waals surface area contributed by atoms with Crippen molar-refractivity contribution < 1.29 is 19.4 Å². The summed E-state index contributed by atoms with van der Waals surface area (Å²) in [7, 11) is 1.65. The molecule has 2 aromatic carbocycles.